The van der Waals surface area contributed by atoms with E-state index in [-0.39, 0.29) is 12.2 Å². The van der Waals surface area contributed by atoms with E-state index in [9.17, 15) is 9.59 Å². The van der Waals surface area contributed by atoms with Crippen LogP contribution in [0.5, 0.6) is 0 Å². The standard InChI is InChI=1S/C13H13N3O4/c1-9(12(17)16-7-10-3-2-6-19-10)20-13(18)11-8-14-4-5-15-11/h2-6,8-9H,7H2,1H3,(H,16,17)/t9-/m1/s1. The number of furan rings is 1. The summed E-state index contributed by atoms with van der Waals surface area (Å²) in [5.41, 5.74) is 0.0539. The van der Waals surface area contributed by atoms with Gasteiger partial charge in [-0.15, -0.1) is 0 Å². The Labute approximate surface area is 115 Å². The van der Waals surface area contributed by atoms with Crippen molar-refractivity contribution in [2.45, 2.75) is 19.6 Å². The van der Waals surface area contributed by atoms with Gasteiger partial charge in [-0.1, -0.05) is 0 Å². The smallest absolute Gasteiger partial charge is 0.359 e. The predicted molar refractivity (Wildman–Crippen MR) is 67.5 cm³/mol. The van der Waals surface area contributed by atoms with Gasteiger partial charge in [0, 0.05) is 12.4 Å². The Morgan fingerprint density at radius 3 is 2.95 bits per heavy atom. The second-order valence-corrected chi connectivity index (χ2v) is 3.94. The summed E-state index contributed by atoms with van der Waals surface area (Å²) in [6.45, 7) is 1.71. The summed E-state index contributed by atoms with van der Waals surface area (Å²) < 4.78 is 10.1. The van der Waals surface area contributed by atoms with E-state index in [0.717, 1.165) is 0 Å². The first-order chi connectivity index (χ1) is 9.66. The van der Waals surface area contributed by atoms with E-state index >= 15 is 0 Å². The zero-order valence-corrected chi connectivity index (χ0v) is 10.8. The minimum atomic E-state index is -0.931. The lowest BCUT2D eigenvalue weighted by atomic mass is 10.3. The maximum Gasteiger partial charge on any atom is 0.359 e. The van der Waals surface area contributed by atoms with Crippen molar-refractivity contribution in [1.29, 1.82) is 0 Å². The summed E-state index contributed by atoms with van der Waals surface area (Å²) in [6, 6.07) is 3.45. The molecule has 1 amide bonds. The average molecular weight is 275 g/mol. The molecule has 0 saturated carbocycles. The number of nitrogens with one attached hydrogen (secondary N) is 1. The minimum absolute atomic E-state index is 0.0539. The van der Waals surface area contributed by atoms with E-state index in [2.05, 4.69) is 15.3 Å². The fourth-order valence-corrected chi connectivity index (χ4v) is 1.41. The highest BCUT2D eigenvalue weighted by atomic mass is 16.5. The summed E-state index contributed by atoms with van der Waals surface area (Å²) >= 11 is 0. The van der Waals surface area contributed by atoms with E-state index in [1.807, 2.05) is 0 Å². The SMILES string of the molecule is C[C@@H](OC(=O)c1cnccn1)C(=O)NCc1ccco1. The molecule has 0 aromatic carbocycles. The van der Waals surface area contributed by atoms with Crippen molar-refractivity contribution in [2.75, 3.05) is 0 Å². The van der Waals surface area contributed by atoms with Crippen molar-refractivity contribution >= 4 is 11.9 Å². The maximum atomic E-state index is 11.7. The Kier molecular flexibility index (Phi) is 4.43. The van der Waals surface area contributed by atoms with E-state index in [0.29, 0.717) is 5.76 Å². The molecule has 0 saturated heterocycles. The summed E-state index contributed by atoms with van der Waals surface area (Å²) in [5, 5.41) is 2.60. The van der Waals surface area contributed by atoms with Crippen molar-refractivity contribution in [1.82, 2.24) is 15.3 Å². The molecule has 2 aromatic rings. The van der Waals surface area contributed by atoms with Crippen LogP contribution in [0.2, 0.25) is 0 Å². The quantitative estimate of drug-likeness (QED) is 0.816. The molecule has 2 aromatic heterocycles. The number of esters is 1. The Balaban J connectivity index is 1.83. The van der Waals surface area contributed by atoms with Crippen LogP contribution < -0.4 is 5.32 Å². The topological polar surface area (TPSA) is 94.3 Å². The van der Waals surface area contributed by atoms with Gasteiger partial charge >= 0.3 is 5.97 Å². The van der Waals surface area contributed by atoms with Gasteiger partial charge in [-0.25, -0.2) is 9.78 Å². The summed E-state index contributed by atoms with van der Waals surface area (Å²) in [7, 11) is 0. The van der Waals surface area contributed by atoms with Crippen molar-refractivity contribution in [3.63, 3.8) is 0 Å². The van der Waals surface area contributed by atoms with Gasteiger partial charge in [0.2, 0.25) is 0 Å². The molecule has 0 aliphatic heterocycles. The summed E-state index contributed by atoms with van der Waals surface area (Å²) in [6.07, 6.45) is 4.67. The van der Waals surface area contributed by atoms with Gasteiger partial charge in [0.05, 0.1) is 19.0 Å². The number of aromatic nitrogens is 2. The lowest BCUT2D eigenvalue weighted by molar-refractivity contribution is -0.129. The Morgan fingerprint density at radius 2 is 2.30 bits per heavy atom. The van der Waals surface area contributed by atoms with Crippen LogP contribution in [0.1, 0.15) is 23.2 Å². The fraction of sp³-hybridized carbons (Fsp3) is 0.231. The molecular weight excluding hydrogens is 262 g/mol. The largest absolute Gasteiger partial charge is 0.467 e. The van der Waals surface area contributed by atoms with Gasteiger partial charge < -0.3 is 14.5 Å². The monoisotopic (exact) mass is 275 g/mol. The number of hydrogen-bond acceptors (Lipinski definition) is 6. The Hall–Kier alpha value is -2.70. The molecule has 0 radical (unpaired) electrons. The first-order valence-corrected chi connectivity index (χ1v) is 5.94. The Bertz CT molecular complexity index is 569. The fourth-order valence-electron chi connectivity index (χ4n) is 1.41. The highest BCUT2D eigenvalue weighted by Gasteiger charge is 2.19. The van der Waals surface area contributed by atoms with Gasteiger partial charge in [-0.05, 0) is 19.1 Å². The van der Waals surface area contributed by atoms with Crippen LogP contribution in [0.25, 0.3) is 0 Å². The molecule has 0 unspecified atom stereocenters. The molecule has 7 heteroatoms. The van der Waals surface area contributed by atoms with Crippen LogP contribution in [0.3, 0.4) is 0 Å². The molecule has 0 bridgehead atoms. The molecular formula is C13H13N3O4. The van der Waals surface area contributed by atoms with Crippen molar-refractivity contribution in [3.05, 3.63) is 48.4 Å². The van der Waals surface area contributed by atoms with Gasteiger partial charge in [-0.2, -0.15) is 0 Å². The van der Waals surface area contributed by atoms with Crippen LogP contribution in [-0.2, 0) is 16.1 Å². The van der Waals surface area contributed by atoms with Crippen molar-refractivity contribution in [2.24, 2.45) is 0 Å². The van der Waals surface area contributed by atoms with Crippen molar-refractivity contribution in [3.8, 4) is 0 Å². The zero-order chi connectivity index (χ0) is 14.4. The molecule has 0 aliphatic rings. The molecule has 2 rings (SSSR count). The molecule has 1 N–H and O–H groups in total. The molecule has 0 fully saturated rings. The zero-order valence-electron chi connectivity index (χ0n) is 10.8. The van der Waals surface area contributed by atoms with Crippen LogP contribution in [-0.4, -0.2) is 27.9 Å². The summed E-state index contributed by atoms with van der Waals surface area (Å²) in [4.78, 5) is 31.0. The van der Waals surface area contributed by atoms with Gasteiger partial charge in [0.1, 0.15) is 5.76 Å². The number of amides is 1. The van der Waals surface area contributed by atoms with Crippen molar-refractivity contribution < 1.29 is 18.7 Å². The number of hydrogen-bond donors (Lipinski definition) is 1. The first-order valence-electron chi connectivity index (χ1n) is 5.94. The molecule has 0 spiro atoms. The van der Waals surface area contributed by atoms with E-state index < -0.39 is 18.0 Å². The Morgan fingerprint density at radius 1 is 1.45 bits per heavy atom. The lowest BCUT2D eigenvalue weighted by Crippen LogP contribution is -2.35. The van der Waals surface area contributed by atoms with E-state index in [1.165, 1.54) is 31.8 Å². The minimum Gasteiger partial charge on any atom is -0.467 e. The number of rotatable bonds is 5. The number of ether oxygens (including phenoxy) is 1. The predicted octanol–water partition coefficient (Wildman–Crippen LogP) is 0.931. The second-order valence-electron chi connectivity index (χ2n) is 3.94. The second kappa shape index (κ2) is 6.46. The molecule has 0 aliphatic carbocycles. The summed E-state index contributed by atoms with van der Waals surface area (Å²) in [5.74, 6) is -0.497. The molecule has 1 atom stereocenters. The third-order valence-corrected chi connectivity index (χ3v) is 2.44. The highest BCUT2D eigenvalue weighted by molar-refractivity contribution is 5.90. The third kappa shape index (κ3) is 3.64. The lowest BCUT2D eigenvalue weighted by Gasteiger charge is -2.12. The molecule has 104 valence electrons. The van der Waals surface area contributed by atoms with Gasteiger partial charge in [0.15, 0.2) is 11.8 Å². The average Bonchev–Trinajstić information content (AvgIpc) is 2.98. The number of carbonyl (C=O) groups is 2. The van der Waals surface area contributed by atoms with E-state index in [4.69, 9.17) is 9.15 Å². The van der Waals surface area contributed by atoms with Gasteiger partial charge in [-0.3, -0.25) is 9.78 Å². The molecule has 7 nitrogen and oxygen atoms in total. The number of nitrogens with zero attached hydrogens (tertiary/aromatic N) is 2. The third-order valence-electron chi connectivity index (χ3n) is 2.44. The molecule has 2 heterocycles. The highest BCUT2D eigenvalue weighted by Crippen LogP contribution is 2.02. The van der Waals surface area contributed by atoms with Crippen LogP contribution in [0.15, 0.2) is 41.4 Å². The molecule has 20 heavy (non-hydrogen) atoms. The maximum absolute atomic E-state index is 11.7. The van der Waals surface area contributed by atoms with Crippen LogP contribution >= 0.6 is 0 Å². The number of carbonyl (C=O) groups excluding carboxylic acids is 2. The van der Waals surface area contributed by atoms with E-state index in [1.54, 1.807) is 12.1 Å². The van der Waals surface area contributed by atoms with Crippen LogP contribution in [0.4, 0.5) is 0 Å². The van der Waals surface area contributed by atoms with Crippen LogP contribution in [0, 0.1) is 0 Å². The normalized spacial score (nSPS) is 11.7. The first kappa shape index (κ1) is 13.7. The van der Waals surface area contributed by atoms with Gasteiger partial charge in [0.25, 0.3) is 5.91 Å².